The maximum Gasteiger partial charge on any atom is 0.240 e. The fourth-order valence-electron chi connectivity index (χ4n) is 3.71. The summed E-state index contributed by atoms with van der Waals surface area (Å²) in [7, 11) is -3.88. The van der Waals surface area contributed by atoms with Gasteiger partial charge < -0.3 is 10.4 Å². The van der Waals surface area contributed by atoms with Crippen molar-refractivity contribution < 1.29 is 18.3 Å². The molecule has 3 N–H and O–H groups in total. The Bertz CT molecular complexity index is 1130. The third kappa shape index (κ3) is 5.40. The van der Waals surface area contributed by atoms with E-state index >= 15 is 0 Å². The lowest BCUT2D eigenvalue weighted by molar-refractivity contribution is -0.127. The van der Waals surface area contributed by atoms with Crippen molar-refractivity contribution in [1.29, 1.82) is 10.5 Å². The summed E-state index contributed by atoms with van der Waals surface area (Å²) in [5.41, 5.74) is 0.796. The lowest BCUT2D eigenvalue weighted by atomic mass is 9.84. The van der Waals surface area contributed by atoms with Crippen molar-refractivity contribution in [2.75, 3.05) is 0 Å². The number of hydrogen-bond acceptors (Lipinski definition) is 6. The van der Waals surface area contributed by atoms with Crippen molar-refractivity contribution in [3.63, 3.8) is 0 Å². The van der Waals surface area contributed by atoms with Crippen molar-refractivity contribution >= 4 is 15.9 Å². The molecule has 1 unspecified atom stereocenters. The lowest BCUT2D eigenvalue weighted by Crippen LogP contribution is -2.48. The molecule has 3 atom stereocenters. The predicted octanol–water partition coefficient (Wildman–Crippen LogP) is 2.48. The maximum absolute atomic E-state index is 12.9. The Kier molecular flexibility index (Phi) is 6.91. The standard InChI is InChI=1S/C22H22N4O4S/c23-13-15-8-10-18(11-9-15)31(29,30)26-20-7-2-1-6-19(20)22(28)25-21(14-24)16-4-3-5-17(27)12-16/h3-5,8-12,19-21,26-27H,1-2,6-7H2,(H,25,28)/t19-,20-,21?/m1/s1. The molecule has 1 fully saturated rings. The van der Waals surface area contributed by atoms with Gasteiger partial charge in [-0.25, -0.2) is 13.1 Å². The molecule has 31 heavy (non-hydrogen) atoms. The largest absolute Gasteiger partial charge is 0.508 e. The van der Waals surface area contributed by atoms with Gasteiger partial charge in [-0.05, 0) is 54.8 Å². The van der Waals surface area contributed by atoms with Crippen LogP contribution in [0.15, 0.2) is 53.4 Å². The van der Waals surface area contributed by atoms with E-state index in [1.165, 1.54) is 36.4 Å². The number of amides is 1. The normalized spacial score (nSPS) is 19.5. The predicted molar refractivity (Wildman–Crippen MR) is 112 cm³/mol. The van der Waals surface area contributed by atoms with Crippen LogP contribution in [0.5, 0.6) is 5.75 Å². The van der Waals surface area contributed by atoms with Crippen LogP contribution < -0.4 is 10.0 Å². The lowest BCUT2D eigenvalue weighted by Gasteiger charge is -2.31. The molecule has 3 rings (SSSR count). The van der Waals surface area contributed by atoms with E-state index < -0.39 is 33.9 Å². The summed E-state index contributed by atoms with van der Waals surface area (Å²) in [6.07, 6.45) is 2.54. The van der Waals surface area contributed by atoms with Gasteiger partial charge in [0.15, 0.2) is 0 Å². The van der Waals surface area contributed by atoms with Crippen LogP contribution in [0.4, 0.5) is 0 Å². The van der Waals surface area contributed by atoms with Crippen molar-refractivity contribution in [2.24, 2.45) is 5.92 Å². The van der Waals surface area contributed by atoms with Gasteiger partial charge in [0, 0.05) is 6.04 Å². The molecule has 160 valence electrons. The Labute approximate surface area is 181 Å². The van der Waals surface area contributed by atoms with Crippen molar-refractivity contribution in [2.45, 2.75) is 42.7 Å². The first kappa shape index (κ1) is 22.3. The van der Waals surface area contributed by atoms with Gasteiger partial charge in [0.2, 0.25) is 15.9 Å². The summed E-state index contributed by atoms with van der Waals surface area (Å²) in [4.78, 5) is 13.0. The van der Waals surface area contributed by atoms with Gasteiger partial charge in [0.05, 0.1) is 28.5 Å². The van der Waals surface area contributed by atoms with Crippen LogP contribution in [-0.4, -0.2) is 25.5 Å². The minimum atomic E-state index is -3.88. The van der Waals surface area contributed by atoms with Gasteiger partial charge in [0.1, 0.15) is 11.8 Å². The van der Waals surface area contributed by atoms with Crippen LogP contribution in [0.25, 0.3) is 0 Å². The van der Waals surface area contributed by atoms with E-state index in [0.29, 0.717) is 24.0 Å². The van der Waals surface area contributed by atoms with E-state index in [1.54, 1.807) is 12.1 Å². The first-order chi connectivity index (χ1) is 14.8. The molecule has 1 aliphatic carbocycles. The molecule has 9 heteroatoms. The second-order valence-electron chi connectivity index (χ2n) is 7.42. The zero-order chi connectivity index (χ0) is 22.4. The van der Waals surface area contributed by atoms with Gasteiger partial charge in [-0.2, -0.15) is 10.5 Å². The molecule has 2 aromatic rings. The molecule has 0 bridgehead atoms. The number of sulfonamides is 1. The number of nitrogens with one attached hydrogen (secondary N) is 2. The Morgan fingerprint density at radius 1 is 1.10 bits per heavy atom. The molecule has 1 aliphatic rings. The first-order valence-corrected chi connectivity index (χ1v) is 11.3. The monoisotopic (exact) mass is 438 g/mol. The van der Waals surface area contributed by atoms with E-state index in [0.717, 1.165) is 12.8 Å². The highest BCUT2D eigenvalue weighted by molar-refractivity contribution is 7.89. The summed E-state index contributed by atoms with van der Waals surface area (Å²) in [6, 6.07) is 14.0. The molecule has 0 spiro atoms. The molecule has 2 aromatic carbocycles. The highest BCUT2D eigenvalue weighted by Crippen LogP contribution is 2.27. The number of hydrogen-bond donors (Lipinski definition) is 3. The van der Waals surface area contributed by atoms with Crippen LogP contribution in [-0.2, 0) is 14.8 Å². The highest BCUT2D eigenvalue weighted by atomic mass is 32.2. The van der Waals surface area contributed by atoms with E-state index in [-0.39, 0.29) is 10.6 Å². The number of carbonyl (C=O) groups excluding carboxylic acids is 1. The van der Waals surface area contributed by atoms with Gasteiger partial charge in [0.25, 0.3) is 0 Å². The summed E-state index contributed by atoms with van der Waals surface area (Å²) in [6.45, 7) is 0. The van der Waals surface area contributed by atoms with Gasteiger partial charge >= 0.3 is 0 Å². The fourth-order valence-corrected chi connectivity index (χ4v) is 5.02. The number of phenolic OH excluding ortho intramolecular Hbond substituents is 1. The van der Waals surface area contributed by atoms with Gasteiger partial charge in [-0.1, -0.05) is 25.0 Å². The number of nitrogens with zero attached hydrogens (tertiary/aromatic N) is 2. The minimum Gasteiger partial charge on any atom is -0.508 e. The zero-order valence-electron chi connectivity index (χ0n) is 16.7. The summed E-state index contributed by atoms with van der Waals surface area (Å²) in [5.74, 6) is -1.06. The van der Waals surface area contributed by atoms with Crippen molar-refractivity contribution in [3.8, 4) is 17.9 Å². The van der Waals surface area contributed by atoms with Crippen LogP contribution in [0, 0.1) is 28.6 Å². The maximum atomic E-state index is 12.9. The van der Waals surface area contributed by atoms with Crippen LogP contribution in [0.3, 0.4) is 0 Å². The van der Waals surface area contributed by atoms with Crippen LogP contribution in [0.2, 0.25) is 0 Å². The molecule has 0 aliphatic heterocycles. The molecule has 1 saturated carbocycles. The van der Waals surface area contributed by atoms with Crippen molar-refractivity contribution in [1.82, 2.24) is 10.0 Å². The molecule has 0 radical (unpaired) electrons. The minimum absolute atomic E-state index is 0.0160. The summed E-state index contributed by atoms with van der Waals surface area (Å²) >= 11 is 0. The topological polar surface area (TPSA) is 143 Å². The van der Waals surface area contributed by atoms with Crippen molar-refractivity contribution in [3.05, 3.63) is 59.7 Å². The Morgan fingerprint density at radius 3 is 2.45 bits per heavy atom. The second kappa shape index (κ2) is 9.61. The second-order valence-corrected chi connectivity index (χ2v) is 9.13. The van der Waals surface area contributed by atoms with Gasteiger partial charge in [-0.15, -0.1) is 0 Å². The first-order valence-electron chi connectivity index (χ1n) is 9.85. The summed E-state index contributed by atoms with van der Waals surface area (Å²) in [5, 5.41) is 30.7. The molecular formula is C22H22N4O4S. The number of aromatic hydroxyl groups is 1. The molecular weight excluding hydrogens is 416 g/mol. The number of benzene rings is 2. The quantitative estimate of drug-likeness (QED) is 0.632. The van der Waals surface area contributed by atoms with E-state index in [9.17, 15) is 23.6 Å². The molecule has 0 saturated heterocycles. The zero-order valence-corrected chi connectivity index (χ0v) is 17.5. The number of phenols is 1. The molecule has 8 nitrogen and oxygen atoms in total. The highest BCUT2D eigenvalue weighted by Gasteiger charge is 2.35. The third-order valence-electron chi connectivity index (χ3n) is 5.32. The molecule has 0 aromatic heterocycles. The Balaban J connectivity index is 1.75. The molecule has 1 amide bonds. The smallest absolute Gasteiger partial charge is 0.240 e. The molecule has 0 heterocycles. The average Bonchev–Trinajstić information content (AvgIpc) is 2.77. The average molecular weight is 439 g/mol. The van der Waals surface area contributed by atoms with E-state index in [1.807, 2.05) is 12.1 Å². The number of nitriles is 2. The number of carbonyl (C=O) groups is 1. The van der Waals surface area contributed by atoms with E-state index in [4.69, 9.17) is 5.26 Å². The van der Waals surface area contributed by atoms with E-state index in [2.05, 4.69) is 10.0 Å². The number of rotatable bonds is 6. The van der Waals surface area contributed by atoms with Crippen LogP contribution >= 0.6 is 0 Å². The summed E-state index contributed by atoms with van der Waals surface area (Å²) < 4.78 is 28.2. The third-order valence-corrected chi connectivity index (χ3v) is 6.83. The fraction of sp³-hybridized carbons (Fsp3) is 0.318. The van der Waals surface area contributed by atoms with Crippen LogP contribution in [0.1, 0.15) is 42.9 Å². The van der Waals surface area contributed by atoms with Gasteiger partial charge in [-0.3, -0.25) is 4.79 Å². The Morgan fingerprint density at radius 2 is 1.81 bits per heavy atom. The SMILES string of the molecule is N#Cc1ccc(S(=O)(=O)N[C@@H]2CCCC[C@H]2C(=O)NC(C#N)c2cccc(O)c2)cc1. The Hall–Kier alpha value is -3.40.